The maximum Gasteiger partial charge on any atom is 0.337 e. The summed E-state index contributed by atoms with van der Waals surface area (Å²) in [5.74, 6) is -0.371. The van der Waals surface area contributed by atoms with Gasteiger partial charge in [0.2, 0.25) is 0 Å². The second-order valence-corrected chi connectivity index (χ2v) is 5.19. The van der Waals surface area contributed by atoms with Crippen molar-refractivity contribution in [2.45, 2.75) is 6.92 Å². The molecule has 3 rings (SSSR count). The van der Waals surface area contributed by atoms with Crippen LogP contribution in [0.3, 0.4) is 0 Å². The first kappa shape index (κ1) is 11.4. The predicted octanol–water partition coefficient (Wildman–Crippen LogP) is 3.50. The fourth-order valence-electron chi connectivity index (χ4n) is 1.92. The van der Waals surface area contributed by atoms with Gasteiger partial charge in [0, 0.05) is 5.39 Å². The van der Waals surface area contributed by atoms with E-state index in [4.69, 9.17) is 16.7 Å². The normalized spacial score (nSPS) is 11.2. The van der Waals surface area contributed by atoms with Crippen LogP contribution in [0.25, 0.3) is 20.3 Å². The van der Waals surface area contributed by atoms with Crippen molar-refractivity contribution in [3.05, 3.63) is 34.7 Å². The van der Waals surface area contributed by atoms with Gasteiger partial charge in [0.1, 0.15) is 15.8 Å². The van der Waals surface area contributed by atoms with Crippen molar-refractivity contribution >= 4 is 49.2 Å². The number of benzene rings is 1. The molecule has 0 saturated carbocycles. The largest absolute Gasteiger partial charge is 0.478 e. The summed E-state index contributed by atoms with van der Waals surface area (Å²) in [4.78, 5) is 20.3. The second kappa shape index (κ2) is 3.90. The lowest BCUT2D eigenvalue weighted by atomic mass is 10.1. The molecule has 6 heteroatoms. The highest BCUT2D eigenvalue weighted by molar-refractivity contribution is 7.25. The number of nitrogens with zero attached hydrogens (tertiary/aromatic N) is 2. The van der Waals surface area contributed by atoms with E-state index in [1.54, 1.807) is 19.1 Å². The lowest BCUT2D eigenvalue weighted by molar-refractivity contribution is 0.0699. The van der Waals surface area contributed by atoms with E-state index in [1.807, 2.05) is 6.07 Å². The Hall–Kier alpha value is -1.72. The Morgan fingerprint density at radius 2 is 2.17 bits per heavy atom. The molecule has 0 bridgehead atoms. The predicted molar refractivity (Wildman–Crippen MR) is 71.6 cm³/mol. The van der Waals surface area contributed by atoms with Crippen molar-refractivity contribution < 1.29 is 9.90 Å². The summed E-state index contributed by atoms with van der Waals surface area (Å²) in [6.45, 7) is 1.76. The van der Waals surface area contributed by atoms with Gasteiger partial charge in [-0.2, -0.15) is 0 Å². The van der Waals surface area contributed by atoms with Gasteiger partial charge in [-0.05, 0) is 13.0 Å². The van der Waals surface area contributed by atoms with Crippen LogP contribution in [0, 0.1) is 6.92 Å². The van der Waals surface area contributed by atoms with E-state index in [0.29, 0.717) is 15.7 Å². The van der Waals surface area contributed by atoms with E-state index < -0.39 is 5.97 Å². The molecule has 18 heavy (non-hydrogen) atoms. The van der Waals surface area contributed by atoms with Gasteiger partial charge in [-0.15, -0.1) is 11.3 Å². The number of aromatic nitrogens is 2. The van der Waals surface area contributed by atoms with Gasteiger partial charge in [0.05, 0.1) is 15.6 Å². The monoisotopic (exact) mass is 278 g/mol. The zero-order valence-corrected chi connectivity index (χ0v) is 10.8. The SMILES string of the molecule is Cc1nc(Cl)c2c(n1)sc1c(C(=O)O)cccc12. The molecule has 90 valence electrons. The molecular weight excluding hydrogens is 272 g/mol. The highest BCUT2D eigenvalue weighted by atomic mass is 35.5. The zero-order valence-electron chi connectivity index (χ0n) is 9.27. The molecule has 0 aliphatic carbocycles. The third-order valence-electron chi connectivity index (χ3n) is 2.66. The minimum atomic E-state index is -0.951. The maximum absolute atomic E-state index is 11.2. The molecule has 2 heterocycles. The Labute approximate surface area is 111 Å². The van der Waals surface area contributed by atoms with Crippen LogP contribution in [0.2, 0.25) is 5.15 Å². The van der Waals surface area contributed by atoms with E-state index in [1.165, 1.54) is 11.3 Å². The second-order valence-electron chi connectivity index (χ2n) is 3.83. The number of carbonyl (C=O) groups is 1. The maximum atomic E-state index is 11.2. The van der Waals surface area contributed by atoms with Crippen LogP contribution in [-0.4, -0.2) is 21.0 Å². The highest BCUT2D eigenvalue weighted by Crippen LogP contribution is 2.37. The molecule has 0 atom stereocenters. The number of aromatic carboxylic acids is 1. The van der Waals surface area contributed by atoms with Crippen LogP contribution < -0.4 is 0 Å². The number of fused-ring (bicyclic) bond motifs is 3. The van der Waals surface area contributed by atoms with Crippen LogP contribution in [0.15, 0.2) is 18.2 Å². The molecule has 0 saturated heterocycles. The van der Waals surface area contributed by atoms with Gasteiger partial charge in [0.25, 0.3) is 0 Å². The third kappa shape index (κ3) is 1.55. The third-order valence-corrected chi connectivity index (χ3v) is 4.06. The van der Waals surface area contributed by atoms with Gasteiger partial charge >= 0.3 is 5.97 Å². The van der Waals surface area contributed by atoms with E-state index >= 15 is 0 Å². The number of thiophene rings is 1. The van der Waals surface area contributed by atoms with Gasteiger partial charge in [-0.3, -0.25) is 0 Å². The van der Waals surface area contributed by atoms with Crippen LogP contribution in [0.1, 0.15) is 16.2 Å². The first-order valence-corrected chi connectivity index (χ1v) is 6.36. The van der Waals surface area contributed by atoms with Crippen molar-refractivity contribution in [2.24, 2.45) is 0 Å². The van der Waals surface area contributed by atoms with E-state index in [9.17, 15) is 4.79 Å². The average Bonchev–Trinajstić information content (AvgIpc) is 2.65. The van der Waals surface area contributed by atoms with Gasteiger partial charge < -0.3 is 5.11 Å². The number of carboxylic acid groups (broad SMARTS) is 1. The summed E-state index contributed by atoms with van der Waals surface area (Å²) < 4.78 is 0.682. The van der Waals surface area contributed by atoms with Crippen molar-refractivity contribution in [3.8, 4) is 0 Å². The number of carboxylic acids is 1. The average molecular weight is 279 g/mol. The van der Waals surface area contributed by atoms with Crippen molar-refractivity contribution in [1.29, 1.82) is 0 Å². The summed E-state index contributed by atoms with van der Waals surface area (Å²) in [6.07, 6.45) is 0. The van der Waals surface area contributed by atoms with E-state index in [0.717, 1.165) is 15.6 Å². The molecule has 1 aromatic carbocycles. The van der Waals surface area contributed by atoms with Crippen LogP contribution in [-0.2, 0) is 0 Å². The standard InChI is InChI=1S/C12H7ClN2O2S/c1-5-14-10(13)8-6-3-2-4-7(12(16)17)9(6)18-11(8)15-5/h2-4H,1H3,(H,16,17). The Bertz CT molecular complexity index is 797. The summed E-state index contributed by atoms with van der Waals surface area (Å²) in [6, 6.07) is 5.12. The Morgan fingerprint density at radius 3 is 2.89 bits per heavy atom. The van der Waals surface area contributed by atoms with Crippen LogP contribution in [0.5, 0.6) is 0 Å². The molecule has 0 radical (unpaired) electrons. The highest BCUT2D eigenvalue weighted by Gasteiger charge is 2.16. The number of rotatable bonds is 1. The number of halogens is 1. The van der Waals surface area contributed by atoms with Crippen LogP contribution in [0.4, 0.5) is 0 Å². The molecule has 2 aromatic heterocycles. The zero-order chi connectivity index (χ0) is 12.9. The van der Waals surface area contributed by atoms with Gasteiger partial charge in [0.15, 0.2) is 0 Å². The topological polar surface area (TPSA) is 63.1 Å². The molecule has 0 spiro atoms. The first-order valence-electron chi connectivity index (χ1n) is 5.16. The summed E-state index contributed by atoms with van der Waals surface area (Å²) in [5.41, 5.74) is 0.268. The molecule has 0 aliphatic rings. The smallest absolute Gasteiger partial charge is 0.337 e. The Kier molecular flexibility index (Phi) is 2.46. The number of hydrogen-bond donors (Lipinski definition) is 1. The van der Waals surface area contributed by atoms with Gasteiger partial charge in [-0.25, -0.2) is 14.8 Å². The van der Waals surface area contributed by atoms with E-state index in [2.05, 4.69) is 9.97 Å². The van der Waals surface area contributed by atoms with Crippen molar-refractivity contribution in [2.75, 3.05) is 0 Å². The molecule has 0 unspecified atom stereocenters. The van der Waals surface area contributed by atoms with Crippen LogP contribution >= 0.6 is 22.9 Å². The molecular formula is C12H7ClN2O2S. The number of aryl methyl sites for hydroxylation is 1. The minimum absolute atomic E-state index is 0.268. The molecule has 3 aromatic rings. The fraction of sp³-hybridized carbons (Fsp3) is 0.0833. The fourth-order valence-corrected chi connectivity index (χ4v) is 3.52. The number of hydrogen-bond acceptors (Lipinski definition) is 4. The lowest BCUT2D eigenvalue weighted by Crippen LogP contribution is -1.95. The molecule has 0 fully saturated rings. The molecule has 1 N–H and O–H groups in total. The van der Waals surface area contributed by atoms with Crippen molar-refractivity contribution in [1.82, 2.24) is 9.97 Å². The molecule has 4 nitrogen and oxygen atoms in total. The summed E-state index contributed by atoms with van der Waals surface area (Å²) >= 11 is 7.45. The lowest BCUT2D eigenvalue weighted by Gasteiger charge is -1.97. The Morgan fingerprint density at radius 1 is 1.39 bits per heavy atom. The summed E-state index contributed by atoms with van der Waals surface area (Å²) in [5, 5.41) is 11.1. The van der Waals surface area contributed by atoms with Crippen molar-refractivity contribution in [3.63, 3.8) is 0 Å². The molecule has 0 aliphatic heterocycles. The molecule has 0 amide bonds. The van der Waals surface area contributed by atoms with E-state index in [-0.39, 0.29) is 5.56 Å². The Balaban J connectivity index is 2.55. The first-order chi connectivity index (χ1) is 8.58. The quantitative estimate of drug-likeness (QED) is 0.692. The summed E-state index contributed by atoms with van der Waals surface area (Å²) in [7, 11) is 0. The van der Waals surface area contributed by atoms with Gasteiger partial charge in [-0.1, -0.05) is 23.7 Å². The minimum Gasteiger partial charge on any atom is -0.478 e.